The number of hydrogen-bond donors (Lipinski definition) is 1. The van der Waals surface area contributed by atoms with Gasteiger partial charge in [-0.25, -0.2) is 0 Å². The van der Waals surface area contributed by atoms with E-state index in [1.54, 1.807) is 4.57 Å². The monoisotopic (exact) mass is 441 g/mol. The summed E-state index contributed by atoms with van der Waals surface area (Å²) in [5, 5.41) is 22.4. The molecule has 0 aliphatic heterocycles. The number of benzene rings is 2. The Labute approximate surface area is 184 Å². The number of rotatable bonds is 9. The van der Waals surface area contributed by atoms with Crippen LogP contribution >= 0.6 is 11.8 Å². The maximum atomic E-state index is 12.2. The maximum absolute atomic E-state index is 12.2. The minimum absolute atomic E-state index is 0.0309. The second-order valence-electron chi connectivity index (χ2n) is 6.80. The van der Waals surface area contributed by atoms with E-state index < -0.39 is 4.92 Å². The van der Waals surface area contributed by atoms with Crippen molar-refractivity contribution in [1.29, 1.82) is 0 Å². The van der Waals surface area contributed by atoms with Gasteiger partial charge < -0.3 is 14.6 Å². The first kappa shape index (κ1) is 22.3. The molecule has 1 heterocycles. The summed E-state index contributed by atoms with van der Waals surface area (Å²) in [6.07, 6.45) is 0.658. The van der Waals surface area contributed by atoms with Crippen LogP contribution in [0.1, 0.15) is 31.3 Å². The van der Waals surface area contributed by atoms with Gasteiger partial charge in [0.25, 0.3) is 5.69 Å². The highest BCUT2D eigenvalue weighted by Crippen LogP contribution is 2.24. The standard InChI is InChI=1S/C21H23N5O4S/c1-4-15-5-11-18(12-6-15)30-14(2)20-23-24-21(25(20)3)31-13-19(27)22-16-7-9-17(10-8-16)26(28)29/h5-12,14H,4,13H2,1-3H3,(H,22,27)/t14-/m0/s1. The Hall–Kier alpha value is -3.40. The molecule has 0 aliphatic carbocycles. The number of ether oxygens (including phenoxy) is 1. The molecule has 9 nitrogen and oxygen atoms in total. The SMILES string of the molecule is CCc1ccc(O[C@@H](C)c2nnc(SCC(=O)Nc3ccc([N+](=O)[O-])cc3)n2C)cc1. The number of nitrogens with one attached hydrogen (secondary N) is 1. The molecule has 10 heteroatoms. The first-order valence-corrected chi connectivity index (χ1v) is 10.7. The van der Waals surface area contributed by atoms with E-state index >= 15 is 0 Å². The molecule has 0 bridgehead atoms. The number of carbonyl (C=O) groups excluding carboxylic acids is 1. The summed E-state index contributed by atoms with van der Waals surface area (Å²) in [6.45, 7) is 4.00. The molecule has 3 aromatic rings. The van der Waals surface area contributed by atoms with Crippen molar-refractivity contribution in [2.24, 2.45) is 7.05 Å². The van der Waals surface area contributed by atoms with Gasteiger partial charge in [0.05, 0.1) is 10.7 Å². The number of aromatic nitrogens is 3. The summed E-state index contributed by atoms with van der Waals surface area (Å²) < 4.78 is 7.77. The van der Waals surface area contributed by atoms with Crippen LogP contribution in [0.5, 0.6) is 5.75 Å². The lowest BCUT2D eigenvalue weighted by Crippen LogP contribution is -2.15. The average Bonchev–Trinajstić information content (AvgIpc) is 3.13. The summed E-state index contributed by atoms with van der Waals surface area (Å²) in [4.78, 5) is 22.4. The van der Waals surface area contributed by atoms with Crippen LogP contribution < -0.4 is 10.1 Å². The third-order valence-electron chi connectivity index (χ3n) is 4.57. The number of non-ortho nitro benzene ring substituents is 1. The molecule has 1 N–H and O–H groups in total. The van der Waals surface area contributed by atoms with Gasteiger partial charge in [0.2, 0.25) is 5.91 Å². The summed E-state index contributed by atoms with van der Waals surface area (Å²) in [5.74, 6) is 1.28. The quantitative estimate of drug-likeness (QED) is 0.301. The van der Waals surface area contributed by atoms with E-state index in [0.29, 0.717) is 16.7 Å². The van der Waals surface area contributed by atoms with Gasteiger partial charge in [0.1, 0.15) is 5.75 Å². The van der Waals surface area contributed by atoms with Crippen LogP contribution in [0.25, 0.3) is 0 Å². The minimum Gasteiger partial charge on any atom is -0.483 e. The van der Waals surface area contributed by atoms with Crippen LogP contribution in [-0.2, 0) is 18.3 Å². The van der Waals surface area contributed by atoms with Crippen molar-refractivity contribution in [1.82, 2.24) is 14.8 Å². The Morgan fingerprint density at radius 1 is 1.19 bits per heavy atom. The molecular weight excluding hydrogens is 418 g/mol. The second-order valence-corrected chi connectivity index (χ2v) is 7.74. The van der Waals surface area contributed by atoms with Gasteiger partial charge >= 0.3 is 0 Å². The highest BCUT2D eigenvalue weighted by molar-refractivity contribution is 7.99. The van der Waals surface area contributed by atoms with Gasteiger partial charge in [0.15, 0.2) is 17.1 Å². The van der Waals surface area contributed by atoms with Crippen molar-refractivity contribution in [2.75, 3.05) is 11.1 Å². The van der Waals surface area contributed by atoms with E-state index in [1.807, 2.05) is 38.2 Å². The molecule has 0 saturated carbocycles. The Balaban J connectivity index is 1.55. The van der Waals surface area contributed by atoms with Crippen molar-refractivity contribution in [2.45, 2.75) is 31.5 Å². The molecule has 1 amide bonds. The highest BCUT2D eigenvalue weighted by atomic mass is 32.2. The number of nitro benzene ring substituents is 1. The van der Waals surface area contributed by atoms with E-state index in [2.05, 4.69) is 22.4 Å². The fourth-order valence-corrected chi connectivity index (χ4v) is 3.58. The number of anilines is 1. The van der Waals surface area contributed by atoms with Gasteiger partial charge in [-0.05, 0) is 43.2 Å². The van der Waals surface area contributed by atoms with Gasteiger partial charge in [-0.3, -0.25) is 14.9 Å². The molecule has 31 heavy (non-hydrogen) atoms. The molecule has 0 unspecified atom stereocenters. The van der Waals surface area contributed by atoms with Gasteiger partial charge in [0, 0.05) is 24.9 Å². The number of amides is 1. The topological polar surface area (TPSA) is 112 Å². The number of thioether (sulfide) groups is 1. The van der Waals surface area contributed by atoms with Crippen LogP contribution in [0.15, 0.2) is 53.7 Å². The predicted octanol–water partition coefficient (Wildman–Crippen LogP) is 4.16. The van der Waals surface area contributed by atoms with Crippen LogP contribution in [0, 0.1) is 10.1 Å². The van der Waals surface area contributed by atoms with Gasteiger partial charge in [-0.1, -0.05) is 30.8 Å². The molecule has 162 valence electrons. The van der Waals surface area contributed by atoms with E-state index in [1.165, 1.54) is 41.6 Å². The van der Waals surface area contributed by atoms with Crippen molar-refractivity contribution in [3.63, 3.8) is 0 Å². The van der Waals surface area contributed by atoms with Crippen molar-refractivity contribution in [3.05, 3.63) is 70.0 Å². The third-order valence-corrected chi connectivity index (χ3v) is 5.59. The Bertz CT molecular complexity index is 1050. The van der Waals surface area contributed by atoms with Crippen molar-refractivity contribution >= 4 is 29.0 Å². The molecule has 1 atom stereocenters. The lowest BCUT2D eigenvalue weighted by atomic mass is 10.2. The summed E-state index contributed by atoms with van der Waals surface area (Å²) in [7, 11) is 1.83. The number of carbonyl (C=O) groups is 1. The first-order chi connectivity index (χ1) is 14.9. The largest absolute Gasteiger partial charge is 0.483 e. The number of hydrogen-bond acceptors (Lipinski definition) is 7. The molecule has 0 aliphatic rings. The van der Waals surface area contributed by atoms with Crippen LogP contribution in [0.4, 0.5) is 11.4 Å². The van der Waals surface area contributed by atoms with E-state index in [9.17, 15) is 14.9 Å². The first-order valence-electron chi connectivity index (χ1n) is 9.69. The fourth-order valence-electron chi connectivity index (χ4n) is 2.86. The van der Waals surface area contributed by atoms with Crippen LogP contribution in [-0.4, -0.2) is 31.3 Å². The maximum Gasteiger partial charge on any atom is 0.269 e. The fraction of sp³-hybridized carbons (Fsp3) is 0.286. The zero-order valence-electron chi connectivity index (χ0n) is 17.4. The summed E-state index contributed by atoms with van der Waals surface area (Å²) in [5.41, 5.74) is 1.70. The molecule has 1 aromatic heterocycles. The Morgan fingerprint density at radius 2 is 1.87 bits per heavy atom. The van der Waals surface area contributed by atoms with E-state index in [4.69, 9.17) is 4.74 Å². The lowest BCUT2D eigenvalue weighted by molar-refractivity contribution is -0.384. The van der Waals surface area contributed by atoms with Crippen LogP contribution in [0.3, 0.4) is 0 Å². The molecule has 2 aromatic carbocycles. The zero-order valence-corrected chi connectivity index (χ0v) is 18.3. The third kappa shape index (κ3) is 5.82. The van der Waals surface area contributed by atoms with E-state index in [0.717, 1.165) is 12.2 Å². The Kier molecular flexibility index (Phi) is 7.24. The molecule has 3 rings (SSSR count). The van der Waals surface area contributed by atoms with Crippen LogP contribution in [0.2, 0.25) is 0 Å². The predicted molar refractivity (Wildman–Crippen MR) is 118 cm³/mol. The molecule has 0 spiro atoms. The Morgan fingerprint density at radius 3 is 2.48 bits per heavy atom. The minimum atomic E-state index is -0.488. The highest BCUT2D eigenvalue weighted by Gasteiger charge is 2.18. The normalized spacial score (nSPS) is 11.7. The van der Waals surface area contributed by atoms with E-state index in [-0.39, 0.29) is 23.5 Å². The van der Waals surface area contributed by atoms with Gasteiger partial charge in [-0.2, -0.15) is 0 Å². The van der Waals surface area contributed by atoms with Crippen molar-refractivity contribution < 1.29 is 14.5 Å². The zero-order chi connectivity index (χ0) is 22.4. The lowest BCUT2D eigenvalue weighted by Gasteiger charge is -2.14. The summed E-state index contributed by atoms with van der Waals surface area (Å²) in [6, 6.07) is 13.6. The number of nitrogens with zero attached hydrogens (tertiary/aromatic N) is 4. The number of aryl methyl sites for hydroxylation is 1. The summed E-state index contributed by atoms with van der Waals surface area (Å²) >= 11 is 1.25. The molecule has 0 saturated heterocycles. The average molecular weight is 442 g/mol. The molecule has 0 fully saturated rings. The molecular formula is C21H23N5O4S. The van der Waals surface area contributed by atoms with Crippen molar-refractivity contribution in [3.8, 4) is 5.75 Å². The smallest absolute Gasteiger partial charge is 0.269 e. The molecule has 0 radical (unpaired) electrons. The second kappa shape index (κ2) is 10.1. The van der Waals surface area contributed by atoms with Gasteiger partial charge in [-0.15, -0.1) is 10.2 Å². The number of nitro groups is 1.